The van der Waals surface area contributed by atoms with Crippen LogP contribution in [0.1, 0.15) is 0 Å². The molecule has 18 heavy (non-hydrogen) atoms. The van der Waals surface area contributed by atoms with Gasteiger partial charge in [0.1, 0.15) is 11.5 Å². The second-order valence-corrected chi connectivity index (χ2v) is 4.34. The summed E-state index contributed by atoms with van der Waals surface area (Å²) in [6, 6.07) is 14.0. The monoisotopic (exact) mass is 234 g/mol. The molecule has 0 spiro atoms. The summed E-state index contributed by atoms with van der Waals surface area (Å²) >= 11 is 0. The van der Waals surface area contributed by atoms with Crippen molar-refractivity contribution < 1.29 is 0 Å². The smallest absolute Gasteiger partial charge is 0.163 e. The van der Waals surface area contributed by atoms with Gasteiger partial charge in [0.25, 0.3) is 0 Å². The molecular formula is C14H10N4. The van der Waals surface area contributed by atoms with Crippen molar-refractivity contribution in [3.8, 4) is 0 Å². The summed E-state index contributed by atoms with van der Waals surface area (Å²) in [6.45, 7) is 0. The first-order valence-electron chi connectivity index (χ1n) is 5.75. The molecule has 0 bridgehead atoms. The van der Waals surface area contributed by atoms with Gasteiger partial charge in [-0.15, -0.1) is 0 Å². The molecule has 86 valence electrons. The van der Waals surface area contributed by atoms with Crippen LogP contribution in [0.2, 0.25) is 0 Å². The zero-order valence-corrected chi connectivity index (χ0v) is 9.51. The van der Waals surface area contributed by atoms with Gasteiger partial charge in [0, 0.05) is 21.7 Å². The second-order valence-electron chi connectivity index (χ2n) is 4.34. The van der Waals surface area contributed by atoms with Crippen LogP contribution in [0.25, 0.3) is 33.0 Å². The maximum atomic E-state index is 5.68. The van der Waals surface area contributed by atoms with Crippen molar-refractivity contribution in [2.45, 2.75) is 0 Å². The Hall–Kier alpha value is -2.62. The molecule has 0 aliphatic heterocycles. The number of nitrogens with two attached hydrogens (primary N) is 1. The number of para-hydroxylation sites is 1. The molecule has 0 saturated carbocycles. The van der Waals surface area contributed by atoms with Gasteiger partial charge in [0.15, 0.2) is 5.65 Å². The van der Waals surface area contributed by atoms with Crippen LogP contribution in [0.3, 0.4) is 0 Å². The summed E-state index contributed by atoms with van der Waals surface area (Å²) in [6.07, 6.45) is 0. The van der Waals surface area contributed by atoms with E-state index in [-0.39, 0.29) is 0 Å². The Labute approximate surface area is 102 Å². The van der Waals surface area contributed by atoms with E-state index in [0.29, 0.717) is 11.5 Å². The van der Waals surface area contributed by atoms with Gasteiger partial charge >= 0.3 is 0 Å². The molecule has 3 heterocycles. The largest absolute Gasteiger partial charge is 0.384 e. The molecule has 4 rings (SSSR count). The Morgan fingerprint density at radius 1 is 0.944 bits per heavy atom. The third-order valence-electron chi connectivity index (χ3n) is 3.17. The van der Waals surface area contributed by atoms with Crippen LogP contribution in [0.5, 0.6) is 0 Å². The molecule has 4 heteroatoms. The van der Waals surface area contributed by atoms with E-state index in [2.05, 4.69) is 27.1 Å². The fourth-order valence-corrected chi connectivity index (χ4v) is 2.32. The maximum absolute atomic E-state index is 5.68. The highest BCUT2D eigenvalue weighted by atomic mass is 15.0. The number of fused-ring (bicyclic) bond motifs is 4. The predicted octanol–water partition coefficient (Wildman–Crippen LogP) is 2.85. The summed E-state index contributed by atoms with van der Waals surface area (Å²) in [5.41, 5.74) is 8.29. The van der Waals surface area contributed by atoms with Gasteiger partial charge in [0.2, 0.25) is 0 Å². The first-order chi connectivity index (χ1) is 8.81. The lowest BCUT2D eigenvalue weighted by Crippen LogP contribution is -1.91. The summed E-state index contributed by atoms with van der Waals surface area (Å²) in [5, 5.41) is 3.30. The maximum Gasteiger partial charge on any atom is 0.163 e. The number of hydrogen-bond acceptors (Lipinski definition) is 3. The number of H-pyrrole nitrogens is 1. The molecule has 0 aliphatic rings. The number of nitrogens with one attached hydrogen (secondary N) is 1. The Morgan fingerprint density at radius 2 is 1.83 bits per heavy atom. The Balaban J connectivity index is 2.23. The molecule has 0 unspecified atom stereocenters. The van der Waals surface area contributed by atoms with E-state index in [1.165, 1.54) is 5.39 Å². The van der Waals surface area contributed by atoms with Gasteiger partial charge in [-0.25, -0.2) is 9.97 Å². The van der Waals surface area contributed by atoms with Crippen LogP contribution in [-0.2, 0) is 0 Å². The highest BCUT2D eigenvalue weighted by Gasteiger charge is 2.07. The van der Waals surface area contributed by atoms with Gasteiger partial charge in [-0.3, -0.25) is 0 Å². The average molecular weight is 234 g/mol. The molecule has 4 nitrogen and oxygen atoms in total. The van der Waals surface area contributed by atoms with Crippen molar-refractivity contribution in [3.63, 3.8) is 0 Å². The van der Waals surface area contributed by atoms with Crippen molar-refractivity contribution in [2.24, 2.45) is 0 Å². The minimum atomic E-state index is 0.491. The normalized spacial score (nSPS) is 11.6. The van der Waals surface area contributed by atoms with Crippen LogP contribution in [-0.4, -0.2) is 15.0 Å². The van der Waals surface area contributed by atoms with Gasteiger partial charge in [-0.05, 0) is 24.3 Å². The minimum Gasteiger partial charge on any atom is -0.384 e. The first-order valence-corrected chi connectivity index (χ1v) is 5.75. The van der Waals surface area contributed by atoms with Crippen molar-refractivity contribution in [3.05, 3.63) is 42.5 Å². The lowest BCUT2D eigenvalue weighted by atomic mass is 10.1. The number of hydrogen-bond donors (Lipinski definition) is 2. The second kappa shape index (κ2) is 3.20. The fourth-order valence-electron chi connectivity index (χ4n) is 2.32. The lowest BCUT2D eigenvalue weighted by molar-refractivity contribution is 1.31. The molecule has 4 aromatic rings. The predicted molar refractivity (Wildman–Crippen MR) is 73.3 cm³/mol. The molecular weight excluding hydrogens is 224 g/mol. The van der Waals surface area contributed by atoms with Gasteiger partial charge < -0.3 is 10.7 Å². The zero-order chi connectivity index (χ0) is 12.1. The SMILES string of the molecule is Nc1ccc2cc3c(nc2n1)[nH]c1ccccc13. The van der Waals surface area contributed by atoms with Crippen molar-refractivity contribution in [2.75, 3.05) is 5.73 Å². The minimum absolute atomic E-state index is 0.491. The lowest BCUT2D eigenvalue weighted by Gasteiger charge is -1.98. The first kappa shape index (κ1) is 9.41. The number of anilines is 1. The number of aromatic amines is 1. The molecule has 0 atom stereocenters. The molecule has 3 N–H and O–H groups in total. The van der Waals surface area contributed by atoms with Crippen molar-refractivity contribution in [1.82, 2.24) is 15.0 Å². The van der Waals surface area contributed by atoms with Crippen LogP contribution in [0, 0.1) is 0 Å². The summed E-state index contributed by atoms with van der Waals surface area (Å²) < 4.78 is 0. The van der Waals surface area contributed by atoms with Gasteiger partial charge in [0.05, 0.1) is 0 Å². The summed E-state index contributed by atoms with van der Waals surface area (Å²) in [7, 11) is 0. The molecule has 0 aliphatic carbocycles. The van der Waals surface area contributed by atoms with Crippen LogP contribution in [0.15, 0.2) is 42.5 Å². The van der Waals surface area contributed by atoms with E-state index in [1.807, 2.05) is 24.3 Å². The van der Waals surface area contributed by atoms with Crippen LogP contribution in [0.4, 0.5) is 5.82 Å². The standard InChI is InChI=1S/C14H10N4/c15-12-6-5-8-7-10-9-3-1-2-4-11(9)16-14(10)18-13(8)17-12/h1-7H,(H3,15,16,17,18). The quantitative estimate of drug-likeness (QED) is 0.491. The molecule has 0 amide bonds. The molecule has 0 radical (unpaired) electrons. The average Bonchev–Trinajstić information content (AvgIpc) is 2.73. The highest BCUT2D eigenvalue weighted by Crippen LogP contribution is 2.26. The van der Waals surface area contributed by atoms with E-state index in [9.17, 15) is 0 Å². The number of aromatic nitrogens is 3. The summed E-state index contributed by atoms with van der Waals surface area (Å²) in [5.74, 6) is 0.491. The number of pyridine rings is 2. The van der Waals surface area contributed by atoms with E-state index < -0.39 is 0 Å². The molecule has 0 fully saturated rings. The fraction of sp³-hybridized carbons (Fsp3) is 0. The van der Waals surface area contributed by atoms with Crippen LogP contribution < -0.4 is 5.73 Å². The summed E-state index contributed by atoms with van der Waals surface area (Å²) in [4.78, 5) is 12.1. The Kier molecular flexibility index (Phi) is 1.67. The zero-order valence-electron chi connectivity index (χ0n) is 9.51. The van der Waals surface area contributed by atoms with Crippen molar-refractivity contribution >= 4 is 38.8 Å². The number of nitrogens with zero attached hydrogens (tertiary/aromatic N) is 2. The van der Waals surface area contributed by atoms with Crippen molar-refractivity contribution in [1.29, 1.82) is 0 Å². The molecule has 0 saturated heterocycles. The van der Waals surface area contributed by atoms with E-state index in [0.717, 1.165) is 21.9 Å². The number of benzene rings is 1. The third kappa shape index (κ3) is 1.20. The number of rotatable bonds is 0. The van der Waals surface area contributed by atoms with Gasteiger partial charge in [-0.2, -0.15) is 0 Å². The van der Waals surface area contributed by atoms with E-state index in [4.69, 9.17) is 5.73 Å². The Morgan fingerprint density at radius 3 is 2.78 bits per heavy atom. The highest BCUT2D eigenvalue weighted by molar-refractivity contribution is 6.08. The third-order valence-corrected chi connectivity index (χ3v) is 3.17. The van der Waals surface area contributed by atoms with E-state index in [1.54, 1.807) is 6.07 Å². The van der Waals surface area contributed by atoms with Crippen LogP contribution >= 0.6 is 0 Å². The Bertz CT molecular complexity index is 892. The topological polar surface area (TPSA) is 67.6 Å². The molecule has 1 aromatic carbocycles. The number of nitrogen functional groups attached to an aromatic ring is 1. The van der Waals surface area contributed by atoms with Gasteiger partial charge in [-0.1, -0.05) is 18.2 Å². The van der Waals surface area contributed by atoms with E-state index >= 15 is 0 Å². The molecule has 3 aromatic heterocycles.